The molecule has 0 aliphatic carbocycles. The van der Waals surface area contributed by atoms with E-state index < -0.39 is 120 Å². The molecule has 0 saturated heterocycles. The number of carbonyl (C=O) groups excluding carboxylic acids is 1. The summed E-state index contributed by atoms with van der Waals surface area (Å²) >= 11 is 5.55. The van der Waals surface area contributed by atoms with Crippen molar-refractivity contribution >= 4 is 73.0 Å². The standard InChI is InChI=1S/C14H19N3O5.C12H13ClF3N3O4.C12H18N4O6S/c1-5-10(6-2)15-14(18)12-11(16(19)20)7-8(3)9(4)13(12)17(21)22;1-2-4-17(5-3-13)12-10(18(20)21)8(15)7(6-14)9(16)11(12)19(22)23;1-3-5-14(6-4-2)12-10(15(17)18)7-9(23(13,21)22)8-11(12)16(19)20/h7,10H,5-6H2,1-4H3,(H,15,18);2-6H2,1H3;7-8H,3-6H2,1-2H3,(H2,13,21,22). The largest absolute Gasteiger partial charge is 0.360 e. The number of halogens is 4. The number of alkyl halides is 2. The van der Waals surface area contributed by atoms with Gasteiger partial charge in [-0.15, -0.1) is 11.6 Å². The summed E-state index contributed by atoms with van der Waals surface area (Å²) in [5, 5.41) is 75.0. The number of amides is 1. The molecule has 3 rings (SSSR count). The number of nitrogens with zero attached hydrogens (tertiary/aromatic N) is 8. The van der Waals surface area contributed by atoms with Gasteiger partial charge in [0.1, 0.15) is 6.67 Å². The van der Waals surface area contributed by atoms with E-state index in [4.69, 9.17) is 16.7 Å². The van der Waals surface area contributed by atoms with E-state index in [0.29, 0.717) is 50.8 Å². The molecular weight excluding hydrogens is 961 g/mol. The van der Waals surface area contributed by atoms with E-state index in [1.807, 2.05) is 27.7 Å². The van der Waals surface area contributed by atoms with Gasteiger partial charge in [0.25, 0.3) is 17.3 Å². The Bertz CT molecular complexity index is 2430. The molecule has 0 aliphatic heterocycles. The first-order chi connectivity index (χ1) is 31.7. The number of nitrogens with one attached hydrogen (secondary N) is 1. The van der Waals surface area contributed by atoms with Crippen LogP contribution in [0.25, 0.3) is 0 Å². The summed E-state index contributed by atoms with van der Waals surface area (Å²) in [6.45, 7) is 11.0. The predicted octanol–water partition coefficient (Wildman–Crippen LogP) is 8.52. The Morgan fingerprint density at radius 3 is 1.38 bits per heavy atom. The Labute approximate surface area is 391 Å². The molecule has 0 bridgehead atoms. The summed E-state index contributed by atoms with van der Waals surface area (Å²) in [5.74, 6) is -4.38. The van der Waals surface area contributed by atoms with Crippen LogP contribution in [-0.4, -0.2) is 82.0 Å². The number of nitro groups is 6. The number of aryl methyl sites for hydroxylation is 1. The van der Waals surface area contributed by atoms with Gasteiger partial charge in [-0.2, -0.15) is 8.78 Å². The minimum Gasteiger partial charge on any atom is -0.360 e. The number of hydrogen-bond acceptors (Lipinski definition) is 17. The smallest absolute Gasteiger partial charge is 0.335 e. The molecular formula is C38H50ClF3N10O15S. The zero-order valence-electron chi connectivity index (χ0n) is 37.8. The van der Waals surface area contributed by atoms with Gasteiger partial charge in [-0.1, -0.05) is 34.6 Å². The molecule has 3 aromatic rings. The van der Waals surface area contributed by atoms with E-state index in [0.717, 1.165) is 17.0 Å². The van der Waals surface area contributed by atoms with Gasteiger partial charge in [0.05, 0.1) is 40.0 Å². The second-order valence-electron chi connectivity index (χ2n) is 14.4. The van der Waals surface area contributed by atoms with Gasteiger partial charge in [-0.3, -0.25) is 65.5 Å². The number of nitrogens with two attached hydrogens (primary N) is 1. The molecule has 0 aliphatic rings. The van der Waals surface area contributed by atoms with Crippen molar-refractivity contribution in [2.75, 3.05) is 41.9 Å². The number of sulfonamides is 1. The quantitative estimate of drug-likeness (QED) is 0.0540. The summed E-state index contributed by atoms with van der Waals surface area (Å²) in [6.07, 6.45) is 2.89. The Morgan fingerprint density at radius 2 is 1.07 bits per heavy atom. The molecule has 0 fully saturated rings. The van der Waals surface area contributed by atoms with Crippen LogP contribution in [0.5, 0.6) is 0 Å². The van der Waals surface area contributed by atoms with Gasteiger partial charge in [-0.05, 0) is 51.5 Å². The summed E-state index contributed by atoms with van der Waals surface area (Å²) in [7, 11) is -4.31. The van der Waals surface area contributed by atoms with Crippen molar-refractivity contribution in [2.45, 2.75) is 98.2 Å². The fourth-order valence-electron chi connectivity index (χ4n) is 6.61. The molecule has 0 saturated carbocycles. The maximum absolute atomic E-state index is 14.1. The highest BCUT2D eigenvalue weighted by molar-refractivity contribution is 7.89. The van der Waals surface area contributed by atoms with Gasteiger partial charge in [0, 0.05) is 61.9 Å². The molecule has 0 radical (unpaired) electrons. The van der Waals surface area contributed by atoms with Crippen LogP contribution in [0.2, 0.25) is 0 Å². The maximum atomic E-state index is 14.1. The molecule has 376 valence electrons. The Morgan fingerprint density at radius 1 is 0.676 bits per heavy atom. The Kier molecular flexibility index (Phi) is 23.0. The second-order valence-corrected chi connectivity index (χ2v) is 16.3. The summed E-state index contributed by atoms with van der Waals surface area (Å²) in [5.41, 5.74) is -7.20. The number of rotatable bonds is 22. The van der Waals surface area contributed by atoms with Gasteiger partial charge in [-0.25, -0.2) is 17.9 Å². The highest BCUT2D eigenvalue weighted by Crippen LogP contribution is 2.44. The molecule has 0 heterocycles. The van der Waals surface area contributed by atoms with Crippen LogP contribution in [-0.2, 0) is 16.7 Å². The summed E-state index contributed by atoms with van der Waals surface area (Å²) in [6, 6.07) is 2.53. The van der Waals surface area contributed by atoms with Crippen molar-refractivity contribution < 1.29 is 55.9 Å². The van der Waals surface area contributed by atoms with Crippen LogP contribution in [0, 0.1) is 86.2 Å². The first-order valence-electron chi connectivity index (χ1n) is 20.4. The van der Waals surface area contributed by atoms with Crippen molar-refractivity contribution in [3.63, 3.8) is 0 Å². The van der Waals surface area contributed by atoms with Crippen LogP contribution < -0.4 is 20.3 Å². The van der Waals surface area contributed by atoms with E-state index in [-0.39, 0.29) is 36.3 Å². The van der Waals surface area contributed by atoms with E-state index in [9.17, 15) is 87.1 Å². The Hall–Kier alpha value is -6.88. The molecule has 0 aromatic heterocycles. The normalized spacial score (nSPS) is 10.8. The number of hydrogen-bond donors (Lipinski definition) is 2. The lowest BCUT2D eigenvalue weighted by Crippen LogP contribution is -2.34. The first kappa shape index (κ1) is 59.1. The van der Waals surface area contributed by atoms with Gasteiger partial charge in [0.2, 0.25) is 27.3 Å². The van der Waals surface area contributed by atoms with Crippen molar-refractivity contribution in [3.05, 3.63) is 113 Å². The van der Waals surface area contributed by atoms with E-state index in [2.05, 4.69) is 5.32 Å². The zero-order valence-corrected chi connectivity index (χ0v) is 39.4. The first-order valence-corrected chi connectivity index (χ1v) is 22.4. The predicted molar refractivity (Wildman–Crippen MR) is 243 cm³/mol. The average Bonchev–Trinajstić information content (AvgIpc) is 3.24. The number of nitro benzene ring substituents is 6. The molecule has 68 heavy (non-hydrogen) atoms. The van der Waals surface area contributed by atoms with E-state index in [1.54, 1.807) is 6.92 Å². The minimum atomic E-state index is -4.31. The van der Waals surface area contributed by atoms with Gasteiger partial charge < -0.3 is 15.1 Å². The maximum Gasteiger partial charge on any atom is 0.335 e. The lowest BCUT2D eigenvalue weighted by Gasteiger charge is -2.23. The fourth-order valence-corrected chi connectivity index (χ4v) is 7.36. The molecule has 0 atom stereocenters. The SMILES string of the molecule is CCC(CC)NC(=O)c1c([N+](=O)[O-])cc(C)c(C)c1[N+](=O)[O-].CCCN(CCC)c1c([N+](=O)[O-])cc(S(N)(=O)=O)cc1[N+](=O)[O-].CCCN(CCCl)c1c([N+](=O)[O-])c(F)c(CF)c(F)c1[N+](=O)[O-]. The molecule has 3 aromatic carbocycles. The lowest BCUT2D eigenvalue weighted by molar-refractivity contribution is -0.396. The molecule has 3 N–H and O–H groups in total. The molecule has 0 unspecified atom stereocenters. The van der Waals surface area contributed by atoms with Crippen molar-refractivity contribution in [1.82, 2.24) is 5.32 Å². The molecule has 0 spiro atoms. The third kappa shape index (κ3) is 14.6. The van der Waals surface area contributed by atoms with Gasteiger partial charge >= 0.3 is 22.7 Å². The Balaban J connectivity index is 0.000000510. The zero-order chi connectivity index (χ0) is 52.5. The van der Waals surface area contributed by atoms with Crippen LogP contribution >= 0.6 is 11.6 Å². The second kappa shape index (κ2) is 26.5. The van der Waals surface area contributed by atoms with Crippen molar-refractivity contribution in [2.24, 2.45) is 5.14 Å². The van der Waals surface area contributed by atoms with Gasteiger partial charge in [0.15, 0.2) is 11.3 Å². The monoisotopic (exact) mass is 1010 g/mol. The third-order valence-corrected chi connectivity index (χ3v) is 10.9. The van der Waals surface area contributed by atoms with E-state index in [1.165, 1.54) is 24.8 Å². The van der Waals surface area contributed by atoms with Crippen LogP contribution in [0.1, 0.15) is 93.8 Å². The molecule has 30 heteroatoms. The highest BCUT2D eigenvalue weighted by atomic mass is 35.5. The van der Waals surface area contributed by atoms with Crippen LogP contribution in [0.3, 0.4) is 0 Å². The number of anilines is 2. The fraction of sp³-hybridized carbons (Fsp3) is 0.500. The van der Waals surface area contributed by atoms with Crippen LogP contribution in [0.4, 0.5) is 58.7 Å². The third-order valence-electron chi connectivity index (χ3n) is 9.85. The lowest BCUT2D eigenvalue weighted by atomic mass is 9.99. The summed E-state index contributed by atoms with van der Waals surface area (Å²) < 4.78 is 63.9. The molecule has 1 amide bonds. The number of benzene rings is 3. The average molecular weight is 1010 g/mol. The number of primary sulfonamides is 1. The summed E-state index contributed by atoms with van der Waals surface area (Å²) in [4.78, 5) is 76.1. The van der Waals surface area contributed by atoms with Crippen molar-refractivity contribution in [1.29, 1.82) is 0 Å². The number of carbonyl (C=O) groups is 1. The van der Waals surface area contributed by atoms with Crippen molar-refractivity contribution in [3.8, 4) is 0 Å². The van der Waals surface area contributed by atoms with Crippen LogP contribution in [0.15, 0.2) is 23.1 Å². The van der Waals surface area contributed by atoms with E-state index >= 15 is 0 Å². The highest BCUT2D eigenvalue weighted by Gasteiger charge is 2.41. The topological polar surface area (TPSA) is 355 Å². The minimum absolute atomic E-state index is 0.0439. The molecule has 25 nitrogen and oxygen atoms in total.